The average molecular weight is 472 g/mol. The minimum Gasteiger partial charge on any atom is -0.482 e. The number of carbonyl (C=O) groups excluding carboxylic acids is 1. The molecule has 2 heterocycles. The third-order valence-corrected chi connectivity index (χ3v) is 5.40. The lowest BCUT2D eigenvalue weighted by Gasteiger charge is -2.37. The van der Waals surface area contributed by atoms with E-state index in [0.717, 1.165) is 5.56 Å². The van der Waals surface area contributed by atoms with Crippen LogP contribution in [0.1, 0.15) is 28.3 Å². The molecule has 0 saturated carbocycles. The first kappa shape index (κ1) is 22.5. The highest BCUT2D eigenvalue weighted by atomic mass is 35.5. The number of nitrogens with zero attached hydrogens (tertiary/aromatic N) is 3. The molecule has 1 amide bonds. The molecule has 3 aromatic rings. The molecular weight excluding hydrogens is 453 g/mol. The largest absolute Gasteiger partial charge is 0.482 e. The Kier molecular flexibility index (Phi) is 6.69. The van der Waals surface area contributed by atoms with Crippen molar-refractivity contribution in [1.82, 2.24) is 14.9 Å². The van der Waals surface area contributed by atoms with Crippen molar-refractivity contribution in [2.24, 2.45) is 0 Å². The van der Waals surface area contributed by atoms with Crippen molar-refractivity contribution in [3.05, 3.63) is 88.2 Å². The van der Waals surface area contributed by atoms with Crippen LogP contribution in [0.3, 0.4) is 0 Å². The Morgan fingerprint density at radius 3 is 2.70 bits per heavy atom. The number of benzene rings is 2. The Labute approximate surface area is 193 Å². The minimum absolute atomic E-state index is 0.0307. The molecule has 1 aromatic heterocycles. The second kappa shape index (κ2) is 9.83. The Morgan fingerprint density at radius 1 is 1.15 bits per heavy atom. The zero-order chi connectivity index (χ0) is 23.4. The number of aliphatic carboxylic acids is 1. The molecule has 4 rings (SSSR count). The lowest BCUT2D eigenvalue weighted by molar-refractivity contribution is -0.139. The van der Waals surface area contributed by atoms with Crippen LogP contribution in [0.2, 0.25) is 5.02 Å². The minimum atomic E-state index is -1.15. The summed E-state index contributed by atoms with van der Waals surface area (Å²) in [7, 11) is 0. The fraction of sp³-hybridized carbons (Fsp3) is 0.217. The van der Waals surface area contributed by atoms with Crippen molar-refractivity contribution < 1.29 is 28.6 Å². The van der Waals surface area contributed by atoms with E-state index in [1.807, 2.05) is 0 Å². The summed E-state index contributed by atoms with van der Waals surface area (Å²) in [6.45, 7) is -0.358. The number of fused-ring (bicyclic) bond motifs is 1. The Bertz CT molecular complexity index is 1180. The number of halogens is 2. The molecule has 0 unspecified atom stereocenters. The quantitative estimate of drug-likeness (QED) is 0.579. The predicted molar refractivity (Wildman–Crippen MR) is 115 cm³/mol. The monoisotopic (exact) mass is 471 g/mol. The maximum absolute atomic E-state index is 13.9. The number of amides is 1. The van der Waals surface area contributed by atoms with E-state index in [1.165, 1.54) is 23.4 Å². The molecule has 10 heteroatoms. The zero-order valence-corrected chi connectivity index (χ0v) is 18.0. The summed E-state index contributed by atoms with van der Waals surface area (Å²) in [5.41, 5.74) is 2.49. The molecule has 170 valence electrons. The summed E-state index contributed by atoms with van der Waals surface area (Å²) < 4.78 is 24.9. The van der Waals surface area contributed by atoms with Gasteiger partial charge in [-0.3, -0.25) is 4.90 Å². The number of hydrogen-bond acceptors (Lipinski definition) is 6. The topological polar surface area (TPSA) is 102 Å². The van der Waals surface area contributed by atoms with Crippen LogP contribution in [0.15, 0.2) is 55.1 Å². The molecule has 0 spiro atoms. The van der Waals surface area contributed by atoms with E-state index in [4.69, 9.17) is 26.2 Å². The van der Waals surface area contributed by atoms with Crippen molar-refractivity contribution in [2.45, 2.75) is 19.1 Å². The second-order valence-electron chi connectivity index (χ2n) is 7.35. The van der Waals surface area contributed by atoms with Crippen LogP contribution in [0.25, 0.3) is 0 Å². The summed E-state index contributed by atoms with van der Waals surface area (Å²) in [4.78, 5) is 33.5. The zero-order valence-electron chi connectivity index (χ0n) is 17.3. The van der Waals surface area contributed by atoms with Crippen LogP contribution in [0, 0.1) is 5.82 Å². The number of rotatable bonds is 6. The Balaban J connectivity index is 1.72. The van der Waals surface area contributed by atoms with Crippen molar-refractivity contribution in [3.8, 4) is 5.75 Å². The Morgan fingerprint density at radius 2 is 1.94 bits per heavy atom. The molecule has 0 saturated heterocycles. The van der Waals surface area contributed by atoms with Gasteiger partial charge in [-0.1, -0.05) is 17.7 Å². The lowest BCUT2D eigenvalue weighted by atomic mass is 9.88. The summed E-state index contributed by atoms with van der Waals surface area (Å²) in [5, 5.41) is 9.42. The van der Waals surface area contributed by atoms with Crippen molar-refractivity contribution in [2.75, 3.05) is 13.2 Å². The van der Waals surface area contributed by atoms with Crippen LogP contribution in [0.4, 0.5) is 9.18 Å². The second-order valence-corrected chi connectivity index (χ2v) is 7.79. The van der Waals surface area contributed by atoms with Crippen molar-refractivity contribution >= 4 is 23.7 Å². The number of aromatic nitrogens is 2. The first-order valence-electron chi connectivity index (χ1n) is 10.0. The molecule has 1 aliphatic heterocycles. The van der Waals surface area contributed by atoms with E-state index in [0.29, 0.717) is 28.1 Å². The number of carbonyl (C=O) groups is 2. The molecule has 33 heavy (non-hydrogen) atoms. The summed E-state index contributed by atoms with van der Waals surface area (Å²) in [5.74, 6) is -1.29. The van der Waals surface area contributed by atoms with Gasteiger partial charge in [0.2, 0.25) is 0 Å². The normalized spacial score (nSPS) is 15.0. The van der Waals surface area contributed by atoms with Gasteiger partial charge in [-0.25, -0.2) is 23.9 Å². The molecule has 1 N–H and O–H groups in total. The van der Waals surface area contributed by atoms with Gasteiger partial charge < -0.3 is 14.6 Å². The van der Waals surface area contributed by atoms with Crippen LogP contribution in [-0.4, -0.2) is 45.2 Å². The standard InChI is InChI=1S/C23H19ClFN3O5/c24-16-1-4-20(32-12-21(29)30)19(8-16)22-18-3-2-17(25)7-15(18)5-6-28(22)23(31)33-11-14-9-26-13-27-10-14/h1-4,7-10,13,22H,5-6,11-12H2,(H,29,30)/t22-/m0/s1. The first-order chi connectivity index (χ1) is 15.9. The number of carboxylic acid groups (broad SMARTS) is 1. The fourth-order valence-electron chi connectivity index (χ4n) is 3.76. The highest BCUT2D eigenvalue weighted by molar-refractivity contribution is 6.30. The van der Waals surface area contributed by atoms with E-state index in [1.54, 1.807) is 36.7 Å². The number of hydrogen-bond donors (Lipinski definition) is 1. The number of carboxylic acids is 1. The summed E-state index contributed by atoms with van der Waals surface area (Å²) >= 11 is 6.24. The maximum Gasteiger partial charge on any atom is 0.410 e. The molecular formula is C23H19ClFN3O5. The van der Waals surface area contributed by atoms with Gasteiger partial charge in [0, 0.05) is 35.1 Å². The van der Waals surface area contributed by atoms with E-state index < -0.39 is 24.7 Å². The van der Waals surface area contributed by atoms with E-state index in [9.17, 15) is 14.0 Å². The molecule has 0 fully saturated rings. The average Bonchev–Trinajstić information content (AvgIpc) is 2.81. The predicted octanol–water partition coefficient (Wildman–Crippen LogP) is 4.02. The van der Waals surface area contributed by atoms with Gasteiger partial charge in [0.05, 0.1) is 6.04 Å². The van der Waals surface area contributed by atoms with Crippen LogP contribution in [-0.2, 0) is 22.6 Å². The molecule has 0 radical (unpaired) electrons. The van der Waals surface area contributed by atoms with E-state index in [-0.39, 0.29) is 24.7 Å². The van der Waals surface area contributed by atoms with Gasteiger partial charge in [-0.15, -0.1) is 0 Å². The Hall–Kier alpha value is -3.72. The fourth-order valence-corrected chi connectivity index (χ4v) is 3.94. The van der Waals surface area contributed by atoms with Gasteiger partial charge in [0.15, 0.2) is 6.61 Å². The van der Waals surface area contributed by atoms with Gasteiger partial charge in [-0.2, -0.15) is 0 Å². The van der Waals surface area contributed by atoms with E-state index >= 15 is 0 Å². The summed E-state index contributed by atoms with van der Waals surface area (Å²) in [6, 6.07) is 8.32. The van der Waals surface area contributed by atoms with Crippen LogP contribution < -0.4 is 4.74 Å². The highest BCUT2D eigenvalue weighted by Gasteiger charge is 2.35. The van der Waals surface area contributed by atoms with Gasteiger partial charge >= 0.3 is 12.1 Å². The van der Waals surface area contributed by atoms with Crippen molar-refractivity contribution in [1.29, 1.82) is 0 Å². The van der Waals surface area contributed by atoms with Gasteiger partial charge in [0.1, 0.15) is 24.5 Å². The lowest BCUT2D eigenvalue weighted by Crippen LogP contribution is -2.41. The van der Waals surface area contributed by atoms with Crippen molar-refractivity contribution in [3.63, 3.8) is 0 Å². The molecule has 2 aromatic carbocycles. The SMILES string of the molecule is O=C(O)COc1ccc(Cl)cc1[C@@H]1c2ccc(F)cc2CCN1C(=O)OCc1cncnc1. The van der Waals surface area contributed by atoms with Crippen LogP contribution >= 0.6 is 11.6 Å². The summed E-state index contributed by atoms with van der Waals surface area (Å²) in [6.07, 6.45) is 4.27. The third-order valence-electron chi connectivity index (χ3n) is 5.16. The molecule has 0 aliphatic carbocycles. The van der Waals surface area contributed by atoms with Crippen LogP contribution in [0.5, 0.6) is 5.75 Å². The highest BCUT2D eigenvalue weighted by Crippen LogP contribution is 2.41. The van der Waals surface area contributed by atoms with E-state index in [2.05, 4.69) is 9.97 Å². The maximum atomic E-state index is 13.9. The molecule has 1 aliphatic rings. The van der Waals surface area contributed by atoms with Gasteiger partial charge in [-0.05, 0) is 47.9 Å². The third kappa shape index (κ3) is 5.20. The molecule has 8 nitrogen and oxygen atoms in total. The first-order valence-corrected chi connectivity index (χ1v) is 10.4. The molecule has 0 bridgehead atoms. The smallest absolute Gasteiger partial charge is 0.410 e. The molecule has 1 atom stereocenters. The number of ether oxygens (including phenoxy) is 2. The van der Waals surface area contributed by atoms with Gasteiger partial charge in [0.25, 0.3) is 0 Å².